The second-order valence-electron chi connectivity index (χ2n) is 3.34. The second kappa shape index (κ2) is 6.65. The van der Waals surface area contributed by atoms with Gasteiger partial charge in [0.05, 0.1) is 18.4 Å². The molecule has 18 heavy (non-hydrogen) atoms. The SMILES string of the molecule is N#CCS(=O)(=O)Nc1ccccc1C#CCCO. The van der Waals surface area contributed by atoms with Gasteiger partial charge < -0.3 is 5.11 Å². The molecule has 0 unspecified atom stereocenters. The summed E-state index contributed by atoms with van der Waals surface area (Å²) in [6.45, 7) is -0.0463. The van der Waals surface area contributed by atoms with Crippen LogP contribution in [0.25, 0.3) is 0 Å². The van der Waals surface area contributed by atoms with Crippen molar-refractivity contribution in [1.82, 2.24) is 0 Å². The van der Waals surface area contributed by atoms with Crippen LogP contribution in [-0.4, -0.2) is 25.9 Å². The summed E-state index contributed by atoms with van der Waals surface area (Å²) in [4.78, 5) is 0. The molecular formula is C12H12N2O3S. The van der Waals surface area contributed by atoms with Crippen LogP contribution >= 0.6 is 0 Å². The number of hydrogen-bond donors (Lipinski definition) is 2. The maximum Gasteiger partial charge on any atom is 0.246 e. The molecule has 0 aliphatic carbocycles. The minimum absolute atomic E-state index is 0.0463. The summed E-state index contributed by atoms with van der Waals surface area (Å²) in [5, 5.41) is 17.0. The van der Waals surface area contributed by atoms with E-state index in [9.17, 15) is 8.42 Å². The lowest BCUT2D eigenvalue weighted by Gasteiger charge is -2.06. The summed E-state index contributed by atoms with van der Waals surface area (Å²) in [6, 6.07) is 8.20. The van der Waals surface area contributed by atoms with E-state index in [1.165, 1.54) is 0 Å². The molecule has 2 N–H and O–H groups in total. The Morgan fingerprint density at radius 1 is 1.33 bits per heavy atom. The van der Waals surface area contributed by atoms with Gasteiger partial charge >= 0.3 is 0 Å². The van der Waals surface area contributed by atoms with Crippen molar-refractivity contribution in [2.24, 2.45) is 0 Å². The van der Waals surface area contributed by atoms with E-state index in [0.29, 0.717) is 17.7 Å². The topological polar surface area (TPSA) is 90.2 Å². The zero-order valence-corrected chi connectivity index (χ0v) is 10.4. The van der Waals surface area contributed by atoms with E-state index in [-0.39, 0.29) is 6.61 Å². The molecule has 0 radical (unpaired) electrons. The highest BCUT2D eigenvalue weighted by Crippen LogP contribution is 2.15. The Morgan fingerprint density at radius 2 is 2.06 bits per heavy atom. The van der Waals surface area contributed by atoms with E-state index in [1.807, 2.05) is 0 Å². The van der Waals surface area contributed by atoms with Crippen LogP contribution in [0.1, 0.15) is 12.0 Å². The van der Waals surface area contributed by atoms with E-state index < -0.39 is 15.8 Å². The van der Waals surface area contributed by atoms with Gasteiger partial charge in [-0.3, -0.25) is 4.72 Å². The minimum Gasteiger partial charge on any atom is -0.395 e. The molecule has 94 valence electrons. The average Bonchev–Trinajstić information content (AvgIpc) is 2.31. The van der Waals surface area contributed by atoms with Crippen LogP contribution in [0.5, 0.6) is 0 Å². The van der Waals surface area contributed by atoms with Crippen LogP contribution in [0.2, 0.25) is 0 Å². The molecule has 5 nitrogen and oxygen atoms in total. The van der Waals surface area contributed by atoms with Crippen molar-refractivity contribution in [2.45, 2.75) is 6.42 Å². The summed E-state index contributed by atoms with van der Waals surface area (Å²) >= 11 is 0. The Morgan fingerprint density at radius 3 is 2.72 bits per heavy atom. The first-order valence-electron chi connectivity index (χ1n) is 5.15. The molecule has 0 saturated carbocycles. The van der Waals surface area contributed by atoms with Crippen LogP contribution in [0.4, 0.5) is 5.69 Å². The van der Waals surface area contributed by atoms with E-state index >= 15 is 0 Å². The predicted octanol–water partition coefficient (Wildman–Crippen LogP) is 0.686. The van der Waals surface area contributed by atoms with Gasteiger partial charge in [-0.05, 0) is 12.1 Å². The summed E-state index contributed by atoms with van der Waals surface area (Å²) in [5.74, 6) is 4.86. The third-order valence-electron chi connectivity index (χ3n) is 1.91. The first-order valence-corrected chi connectivity index (χ1v) is 6.80. The van der Waals surface area contributed by atoms with Crippen molar-refractivity contribution in [2.75, 3.05) is 17.1 Å². The minimum atomic E-state index is -3.67. The van der Waals surface area contributed by atoms with Gasteiger partial charge in [0.15, 0.2) is 5.75 Å². The van der Waals surface area contributed by atoms with Gasteiger partial charge in [-0.25, -0.2) is 8.42 Å². The van der Waals surface area contributed by atoms with Crippen molar-refractivity contribution in [3.05, 3.63) is 29.8 Å². The van der Waals surface area contributed by atoms with Crippen LogP contribution in [0.3, 0.4) is 0 Å². The van der Waals surface area contributed by atoms with Gasteiger partial charge in [-0.2, -0.15) is 5.26 Å². The van der Waals surface area contributed by atoms with Crippen LogP contribution in [0, 0.1) is 23.2 Å². The monoisotopic (exact) mass is 264 g/mol. The number of hydrogen-bond acceptors (Lipinski definition) is 4. The first-order chi connectivity index (χ1) is 8.59. The number of para-hydroxylation sites is 1. The molecule has 0 aliphatic rings. The highest BCUT2D eigenvalue weighted by Gasteiger charge is 2.11. The number of aliphatic hydroxyl groups is 1. The van der Waals surface area contributed by atoms with Gasteiger partial charge in [0.1, 0.15) is 0 Å². The molecule has 0 atom stereocenters. The summed E-state index contributed by atoms with van der Waals surface area (Å²) in [7, 11) is -3.67. The zero-order valence-electron chi connectivity index (χ0n) is 9.55. The number of anilines is 1. The van der Waals surface area contributed by atoms with Crippen molar-refractivity contribution in [1.29, 1.82) is 5.26 Å². The van der Waals surface area contributed by atoms with Crippen LogP contribution in [-0.2, 0) is 10.0 Å². The molecule has 1 aromatic carbocycles. The molecule has 0 saturated heterocycles. The summed E-state index contributed by atoms with van der Waals surface area (Å²) in [6.07, 6.45) is 0.319. The molecule has 1 rings (SSSR count). The number of sulfonamides is 1. The Kier molecular flexibility index (Phi) is 5.19. The Labute approximate surface area is 106 Å². The average molecular weight is 264 g/mol. The van der Waals surface area contributed by atoms with Crippen LogP contribution in [0.15, 0.2) is 24.3 Å². The molecule has 1 aromatic rings. The fourth-order valence-corrected chi connectivity index (χ4v) is 1.94. The Balaban J connectivity index is 2.98. The number of nitriles is 1. The lowest BCUT2D eigenvalue weighted by molar-refractivity contribution is 0.305. The second-order valence-corrected chi connectivity index (χ2v) is 5.06. The predicted molar refractivity (Wildman–Crippen MR) is 68.0 cm³/mol. The highest BCUT2D eigenvalue weighted by atomic mass is 32.2. The molecule has 0 amide bonds. The third-order valence-corrected chi connectivity index (χ3v) is 2.95. The van der Waals surface area contributed by atoms with E-state index in [4.69, 9.17) is 10.4 Å². The Bertz CT molecular complexity index is 606. The lowest BCUT2D eigenvalue weighted by Crippen LogP contribution is -2.16. The molecule has 0 aliphatic heterocycles. The lowest BCUT2D eigenvalue weighted by atomic mass is 10.2. The number of rotatable bonds is 4. The smallest absolute Gasteiger partial charge is 0.246 e. The molecule has 0 spiro atoms. The molecule has 0 bridgehead atoms. The third kappa shape index (κ3) is 4.46. The number of nitrogens with zero attached hydrogens (tertiary/aromatic N) is 1. The van der Waals surface area contributed by atoms with Crippen molar-refractivity contribution in [3.63, 3.8) is 0 Å². The quantitative estimate of drug-likeness (QED) is 0.783. The zero-order chi connectivity index (χ0) is 13.4. The van der Waals surface area contributed by atoms with Gasteiger partial charge in [0.2, 0.25) is 10.0 Å². The maximum atomic E-state index is 11.5. The molecule has 0 heterocycles. The van der Waals surface area contributed by atoms with E-state index in [2.05, 4.69) is 16.6 Å². The highest BCUT2D eigenvalue weighted by molar-refractivity contribution is 7.92. The van der Waals surface area contributed by atoms with Crippen molar-refractivity contribution in [3.8, 4) is 17.9 Å². The molecule has 0 fully saturated rings. The fraction of sp³-hybridized carbons (Fsp3) is 0.250. The molecule has 0 aromatic heterocycles. The van der Waals surface area contributed by atoms with Gasteiger partial charge in [-0.1, -0.05) is 24.0 Å². The normalized spacial score (nSPS) is 10.0. The summed E-state index contributed by atoms with van der Waals surface area (Å²) < 4.78 is 25.2. The number of nitrogens with one attached hydrogen (secondary N) is 1. The van der Waals surface area contributed by atoms with Crippen molar-refractivity contribution < 1.29 is 13.5 Å². The first kappa shape index (κ1) is 14.0. The standard InChI is InChI=1S/C12H12N2O3S/c13-8-10-18(16,17)14-12-7-2-1-5-11(12)6-3-4-9-15/h1-2,5,7,14-15H,4,9-10H2. The van der Waals surface area contributed by atoms with Gasteiger partial charge in [0.25, 0.3) is 0 Å². The van der Waals surface area contributed by atoms with E-state index in [0.717, 1.165) is 0 Å². The van der Waals surface area contributed by atoms with Gasteiger partial charge in [0, 0.05) is 12.0 Å². The van der Waals surface area contributed by atoms with Gasteiger partial charge in [-0.15, -0.1) is 0 Å². The molecule has 6 heteroatoms. The largest absolute Gasteiger partial charge is 0.395 e. The molecular weight excluding hydrogens is 252 g/mol. The number of aliphatic hydroxyl groups excluding tert-OH is 1. The fourth-order valence-electron chi connectivity index (χ4n) is 1.18. The number of benzene rings is 1. The van der Waals surface area contributed by atoms with Crippen molar-refractivity contribution >= 4 is 15.7 Å². The maximum absolute atomic E-state index is 11.5. The van der Waals surface area contributed by atoms with Crippen LogP contribution < -0.4 is 4.72 Å². The van der Waals surface area contributed by atoms with E-state index in [1.54, 1.807) is 30.3 Å². The Hall–Kier alpha value is -2.02. The summed E-state index contributed by atoms with van der Waals surface area (Å²) in [5.41, 5.74) is 0.839.